The van der Waals surface area contributed by atoms with Crippen LogP contribution in [0.5, 0.6) is 0 Å². The van der Waals surface area contributed by atoms with E-state index in [4.69, 9.17) is 0 Å². The molecule has 0 radical (unpaired) electrons. The Kier molecular flexibility index (Phi) is 5.80. The number of pyridine rings is 1. The molecule has 2 unspecified atom stereocenters. The number of nitrogens with one attached hydrogen (secondary N) is 2. The third kappa shape index (κ3) is 4.92. The van der Waals surface area contributed by atoms with Gasteiger partial charge in [0.1, 0.15) is 0 Å². The first-order chi connectivity index (χ1) is 9.25. The summed E-state index contributed by atoms with van der Waals surface area (Å²) in [5, 5.41) is 7.37. The second kappa shape index (κ2) is 7.61. The molecular weight excluding hydrogens is 234 g/mol. The molecule has 19 heavy (non-hydrogen) atoms. The fourth-order valence-corrected chi connectivity index (χ4v) is 2.97. The van der Waals surface area contributed by atoms with Crippen LogP contribution in [0.3, 0.4) is 0 Å². The van der Waals surface area contributed by atoms with E-state index in [1.54, 1.807) is 0 Å². The van der Waals surface area contributed by atoms with E-state index in [2.05, 4.69) is 41.6 Å². The van der Waals surface area contributed by atoms with E-state index >= 15 is 0 Å². The molecule has 3 nitrogen and oxygen atoms in total. The van der Waals surface area contributed by atoms with Gasteiger partial charge in [-0.3, -0.25) is 4.98 Å². The predicted octanol–water partition coefficient (Wildman–Crippen LogP) is 3.04. The van der Waals surface area contributed by atoms with Crippen molar-refractivity contribution in [3.05, 3.63) is 30.1 Å². The van der Waals surface area contributed by atoms with Crippen molar-refractivity contribution in [2.24, 2.45) is 0 Å². The van der Waals surface area contributed by atoms with Gasteiger partial charge in [0.2, 0.25) is 0 Å². The number of rotatable bonds is 5. The smallest absolute Gasteiger partial charge is 0.0295 e. The average molecular weight is 261 g/mol. The highest BCUT2D eigenvalue weighted by molar-refractivity contribution is 5.14. The molecule has 0 aromatic carbocycles. The number of hydrogen-bond acceptors (Lipinski definition) is 3. The fraction of sp³-hybridized carbons (Fsp3) is 0.688. The second-order valence-corrected chi connectivity index (χ2v) is 5.81. The molecule has 0 spiro atoms. The molecule has 3 heteroatoms. The maximum Gasteiger partial charge on any atom is 0.0295 e. The van der Waals surface area contributed by atoms with Crippen LogP contribution < -0.4 is 10.6 Å². The molecule has 1 fully saturated rings. The first-order valence-corrected chi connectivity index (χ1v) is 7.65. The standard InChI is InChI=1S/C16H27N3/c1-13(12-16-6-4-3-5-9-18-16)19-14(2)15-7-10-17-11-8-15/h7-8,10-11,13-14,16,18-19H,3-6,9,12H2,1-2H3/t13?,14-,16?/m1/s1. The maximum atomic E-state index is 4.07. The summed E-state index contributed by atoms with van der Waals surface area (Å²) in [7, 11) is 0. The molecule has 1 aliphatic rings. The van der Waals surface area contributed by atoms with Crippen LogP contribution >= 0.6 is 0 Å². The summed E-state index contributed by atoms with van der Waals surface area (Å²) in [5.41, 5.74) is 1.32. The van der Waals surface area contributed by atoms with Crippen molar-refractivity contribution in [3.63, 3.8) is 0 Å². The molecule has 2 rings (SSSR count). The van der Waals surface area contributed by atoms with Gasteiger partial charge in [0.25, 0.3) is 0 Å². The van der Waals surface area contributed by atoms with Crippen LogP contribution in [-0.4, -0.2) is 23.6 Å². The Morgan fingerprint density at radius 3 is 2.84 bits per heavy atom. The molecule has 106 valence electrons. The minimum absolute atomic E-state index is 0.392. The Bertz CT molecular complexity index is 344. The average Bonchev–Trinajstić information content (AvgIpc) is 2.68. The highest BCUT2D eigenvalue weighted by atomic mass is 15.0. The summed E-state index contributed by atoms with van der Waals surface area (Å²) in [5.74, 6) is 0. The quantitative estimate of drug-likeness (QED) is 0.855. The van der Waals surface area contributed by atoms with Crippen LogP contribution in [0.15, 0.2) is 24.5 Å². The van der Waals surface area contributed by atoms with Crippen molar-refractivity contribution in [2.75, 3.05) is 6.54 Å². The lowest BCUT2D eigenvalue weighted by atomic mass is 10.0. The van der Waals surface area contributed by atoms with Crippen molar-refractivity contribution in [3.8, 4) is 0 Å². The zero-order chi connectivity index (χ0) is 13.5. The van der Waals surface area contributed by atoms with Gasteiger partial charge in [-0.2, -0.15) is 0 Å². The summed E-state index contributed by atoms with van der Waals surface area (Å²) in [4.78, 5) is 4.07. The molecule has 1 aromatic heterocycles. The Morgan fingerprint density at radius 2 is 2.05 bits per heavy atom. The molecule has 0 aliphatic carbocycles. The maximum absolute atomic E-state index is 4.07. The van der Waals surface area contributed by atoms with Crippen molar-refractivity contribution >= 4 is 0 Å². The molecule has 1 saturated heterocycles. The molecule has 0 bridgehead atoms. The fourth-order valence-electron chi connectivity index (χ4n) is 2.97. The third-order valence-corrected chi connectivity index (χ3v) is 4.04. The lowest BCUT2D eigenvalue weighted by molar-refractivity contribution is 0.380. The number of hydrogen-bond donors (Lipinski definition) is 2. The van der Waals surface area contributed by atoms with Crippen LogP contribution in [-0.2, 0) is 0 Å². The second-order valence-electron chi connectivity index (χ2n) is 5.81. The van der Waals surface area contributed by atoms with E-state index in [9.17, 15) is 0 Å². The van der Waals surface area contributed by atoms with E-state index in [0.717, 1.165) is 0 Å². The summed E-state index contributed by atoms with van der Waals surface area (Å²) in [6.07, 6.45) is 10.4. The van der Waals surface area contributed by atoms with Gasteiger partial charge in [0, 0.05) is 30.5 Å². The largest absolute Gasteiger partial charge is 0.314 e. The van der Waals surface area contributed by atoms with Crippen LogP contribution in [0, 0.1) is 0 Å². The normalized spacial score (nSPS) is 23.6. The van der Waals surface area contributed by atoms with Crippen LogP contribution in [0.2, 0.25) is 0 Å². The lowest BCUT2D eigenvalue weighted by Gasteiger charge is -2.24. The molecular formula is C16H27N3. The predicted molar refractivity (Wildman–Crippen MR) is 80.1 cm³/mol. The van der Waals surface area contributed by atoms with Gasteiger partial charge in [-0.05, 0) is 57.4 Å². The van der Waals surface area contributed by atoms with Gasteiger partial charge >= 0.3 is 0 Å². The molecule has 2 N–H and O–H groups in total. The van der Waals surface area contributed by atoms with Crippen LogP contribution in [0.25, 0.3) is 0 Å². The highest BCUT2D eigenvalue weighted by Gasteiger charge is 2.16. The Morgan fingerprint density at radius 1 is 1.26 bits per heavy atom. The van der Waals surface area contributed by atoms with Crippen LogP contribution in [0.1, 0.15) is 57.6 Å². The summed E-state index contributed by atoms with van der Waals surface area (Å²) < 4.78 is 0. The minimum atomic E-state index is 0.392. The highest BCUT2D eigenvalue weighted by Crippen LogP contribution is 2.16. The summed E-state index contributed by atoms with van der Waals surface area (Å²) in [6, 6.07) is 5.81. The van der Waals surface area contributed by atoms with Gasteiger partial charge in [0.15, 0.2) is 0 Å². The molecule has 1 aliphatic heterocycles. The minimum Gasteiger partial charge on any atom is -0.314 e. The number of aromatic nitrogens is 1. The topological polar surface area (TPSA) is 37.0 Å². The molecule has 1 aromatic rings. The Hall–Kier alpha value is -0.930. The van der Waals surface area contributed by atoms with E-state index in [0.29, 0.717) is 18.1 Å². The Balaban J connectivity index is 1.78. The zero-order valence-corrected chi connectivity index (χ0v) is 12.2. The van der Waals surface area contributed by atoms with Crippen LogP contribution in [0.4, 0.5) is 0 Å². The van der Waals surface area contributed by atoms with Gasteiger partial charge in [0.05, 0.1) is 0 Å². The SMILES string of the molecule is CC(CC1CCCCCN1)N[C@H](C)c1ccncc1. The molecule has 3 atom stereocenters. The lowest BCUT2D eigenvalue weighted by Crippen LogP contribution is -2.37. The van der Waals surface area contributed by atoms with Gasteiger partial charge in [-0.1, -0.05) is 12.8 Å². The Labute approximate surface area is 117 Å². The van der Waals surface area contributed by atoms with Crippen molar-refractivity contribution < 1.29 is 0 Å². The summed E-state index contributed by atoms with van der Waals surface area (Å²) in [6.45, 7) is 5.72. The third-order valence-electron chi connectivity index (χ3n) is 4.04. The molecule has 0 amide bonds. The molecule has 2 heterocycles. The zero-order valence-electron chi connectivity index (χ0n) is 12.2. The van der Waals surface area contributed by atoms with E-state index in [1.165, 1.54) is 44.2 Å². The van der Waals surface area contributed by atoms with E-state index in [1.807, 2.05) is 12.4 Å². The van der Waals surface area contributed by atoms with Crippen molar-refractivity contribution in [1.29, 1.82) is 0 Å². The van der Waals surface area contributed by atoms with Crippen molar-refractivity contribution in [2.45, 2.75) is 64.1 Å². The van der Waals surface area contributed by atoms with Gasteiger partial charge < -0.3 is 10.6 Å². The van der Waals surface area contributed by atoms with E-state index < -0.39 is 0 Å². The van der Waals surface area contributed by atoms with Gasteiger partial charge in [-0.25, -0.2) is 0 Å². The monoisotopic (exact) mass is 261 g/mol. The first kappa shape index (κ1) is 14.5. The van der Waals surface area contributed by atoms with E-state index in [-0.39, 0.29) is 0 Å². The first-order valence-electron chi connectivity index (χ1n) is 7.65. The number of nitrogens with zero attached hydrogens (tertiary/aromatic N) is 1. The van der Waals surface area contributed by atoms with Crippen molar-refractivity contribution in [1.82, 2.24) is 15.6 Å². The molecule has 0 saturated carbocycles. The van der Waals surface area contributed by atoms with Gasteiger partial charge in [-0.15, -0.1) is 0 Å². The summed E-state index contributed by atoms with van der Waals surface area (Å²) >= 11 is 0.